The molecule has 0 spiro atoms. The number of nitrogens with one attached hydrogen (secondary N) is 2. The molecule has 1 aliphatic rings. The standard InChI is InChI=1S/C20H23F2N3O2S/c1-14-3-2-4-17(27-19(21)22)18(14)24-20(26)23-13-15-5-7-16(8-6-15)25-9-11-28-12-10-25/h2-8,19H,9-13H2,1H3,(H2,23,24,26). The number of ether oxygens (including phenoxy) is 1. The Labute approximate surface area is 167 Å². The Morgan fingerprint density at radius 3 is 2.57 bits per heavy atom. The molecule has 2 amide bonds. The number of carbonyl (C=O) groups excluding carboxylic acids is 1. The summed E-state index contributed by atoms with van der Waals surface area (Å²) in [6, 6.07) is 12.3. The highest BCUT2D eigenvalue weighted by molar-refractivity contribution is 7.99. The third-order valence-corrected chi connectivity index (χ3v) is 5.40. The highest BCUT2D eigenvalue weighted by atomic mass is 32.2. The molecule has 2 N–H and O–H groups in total. The van der Waals surface area contributed by atoms with Crippen LogP contribution in [0.25, 0.3) is 0 Å². The zero-order valence-corrected chi connectivity index (χ0v) is 16.4. The van der Waals surface area contributed by atoms with Gasteiger partial charge < -0.3 is 20.3 Å². The first-order chi connectivity index (χ1) is 13.5. The molecule has 0 aromatic heterocycles. The number of rotatable bonds is 6. The van der Waals surface area contributed by atoms with Gasteiger partial charge in [0.05, 0.1) is 5.69 Å². The second kappa shape index (κ2) is 9.64. The van der Waals surface area contributed by atoms with Crippen LogP contribution in [-0.2, 0) is 6.54 Å². The first-order valence-corrected chi connectivity index (χ1v) is 10.2. The normalized spacial score (nSPS) is 14.1. The Morgan fingerprint density at radius 1 is 1.18 bits per heavy atom. The van der Waals surface area contributed by atoms with Crippen LogP contribution in [0.15, 0.2) is 42.5 Å². The lowest BCUT2D eigenvalue weighted by Crippen LogP contribution is -2.32. The Balaban J connectivity index is 1.56. The minimum Gasteiger partial charge on any atom is -0.433 e. The van der Waals surface area contributed by atoms with Gasteiger partial charge in [0.15, 0.2) is 0 Å². The summed E-state index contributed by atoms with van der Waals surface area (Å²) in [4.78, 5) is 14.6. The number of halogens is 2. The molecule has 28 heavy (non-hydrogen) atoms. The lowest BCUT2D eigenvalue weighted by atomic mass is 10.2. The second-order valence-electron chi connectivity index (χ2n) is 6.40. The fraction of sp³-hybridized carbons (Fsp3) is 0.350. The number of anilines is 2. The van der Waals surface area contributed by atoms with Gasteiger partial charge in [0.2, 0.25) is 0 Å². The van der Waals surface area contributed by atoms with Crippen LogP contribution >= 0.6 is 11.8 Å². The third-order valence-electron chi connectivity index (χ3n) is 4.45. The summed E-state index contributed by atoms with van der Waals surface area (Å²) in [5.74, 6) is 2.22. The van der Waals surface area contributed by atoms with Crippen molar-refractivity contribution in [1.82, 2.24) is 5.32 Å². The zero-order chi connectivity index (χ0) is 19.9. The van der Waals surface area contributed by atoms with Crippen LogP contribution in [-0.4, -0.2) is 37.2 Å². The van der Waals surface area contributed by atoms with E-state index in [0.717, 1.165) is 30.2 Å². The largest absolute Gasteiger partial charge is 0.433 e. The lowest BCUT2D eigenvalue weighted by molar-refractivity contribution is -0.0493. The van der Waals surface area contributed by atoms with Gasteiger partial charge in [-0.1, -0.05) is 24.3 Å². The molecule has 0 saturated carbocycles. The maximum atomic E-state index is 12.6. The first-order valence-electron chi connectivity index (χ1n) is 9.04. The number of carbonyl (C=O) groups is 1. The highest BCUT2D eigenvalue weighted by Crippen LogP contribution is 2.29. The van der Waals surface area contributed by atoms with Crippen LogP contribution in [0.2, 0.25) is 0 Å². The molecule has 0 bridgehead atoms. The Morgan fingerprint density at radius 2 is 1.89 bits per heavy atom. The van der Waals surface area contributed by atoms with E-state index in [4.69, 9.17) is 0 Å². The summed E-state index contributed by atoms with van der Waals surface area (Å²) in [6.07, 6.45) is 0. The molecular formula is C20H23F2N3O2S. The molecule has 2 aromatic rings. The van der Waals surface area contributed by atoms with Crippen LogP contribution < -0.4 is 20.3 Å². The number of hydrogen-bond acceptors (Lipinski definition) is 4. The van der Waals surface area contributed by atoms with E-state index in [-0.39, 0.29) is 11.4 Å². The summed E-state index contributed by atoms with van der Waals surface area (Å²) in [5, 5.41) is 5.34. The molecule has 1 saturated heterocycles. The van der Waals surface area contributed by atoms with Crippen molar-refractivity contribution in [2.24, 2.45) is 0 Å². The van der Waals surface area contributed by atoms with E-state index in [0.29, 0.717) is 12.1 Å². The summed E-state index contributed by atoms with van der Waals surface area (Å²) < 4.78 is 29.6. The number of alkyl halides is 2. The SMILES string of the molecule is Cc1cccc(OC(F)F)c1NC(=O)NCc1ccc(N2CCSCC2)cc1. The number of hydrogen-bond donors (Lipinski definition) is 2. The van der Waals surface area contributed by atoms with Crippen molar-refractivity contribution >= 4 is 29.2 Å². The first kappa shape index (κ1) is 20.3. The predicted octanol–water partition coefficient (Wildman–Crippen LogP) is 4.47. The van der Waals surface area contributed by atoms with Gasteiger partial charge in [0.25, 0.3) is 0 Å². The van der Waals surface area contributed by atoms with Crippen LogP contribution in [0.5, 0.6) is 5.75 Å². The molecule has 5 nitrogen and oxygen atoms in total. The van der Waals surface area contributed by atoms with E-state index in [9.17, 15) is 13.6 Å². The van der Waals surface area contributed by atoms with E-state index in [1.165, 1.54) is 11.8 Å². The Hall–Kier alpha value is -2.48. The topological polar surface area (TPSA) is 53.6 Å². The molecule has 0 aliphatic carbocycles. The quantitative estimate of drug-likeness (QED) is 0.742. The zero-order valence-electron chi connectivity index (χ0n) is 15.6. The number of benzene rings is 2. The maximum absolute atomic E-state index is 12.6. The van der Waals surface area contributed by atoms with Gasteiger partial charge in [-0.05, 0) is 36.2 Å². The molecule has 1 heterocycles. The number of para-hydroxylation sites is 1. The molecule has 1 aliphatic heterocycles. The molecule has 150 valence electrons. The van der Waals surface area contributed by atoms with E-state index in [1.54, 1.807) is 19.1 Å². The number of aryl methyl sites for hydroxylation is 1. The average Bonchev–Trinajstić information content (AvgIpc) is 2.70. The third kappa shape index (κ3) is 5.51. The monoisotopic (exact) mass is 407 g/mol. The maximum Gasteiger partial charge on any atom is 0.387 e. The van der Waals surface area contributed by atoms with Crippen LogP contribution in [0.4, 0.5) is 25.0 Å². The van der Waals surface area contributed by atoms with Gasteiger partial charge in [0.1, 0.15) is 5.75 Å². The fourth-order valence-electron chi connectivity index (χ4n) is 2.98. The van der Waals surface area contributed by atoms with E-state index in [1.807, 2.05) is 23.9 Å². The molecule has 1 fully saturated rings. The van der Waals surface area contributed by atoms with Crippen LogP contribution in [0.3, 0.4) is 0 Å². The van der Waals surface area contributed by atoms with Crippen molar-refractivity contribution in [1.29, 1.82) is 0 Å². The Kier molecular flexibility index (Phi) is 6.97. The van der Waals surface area contributed by atoms with Gasteiger partial charge in [-0.2, -0.15) is 20.5 Å². The smallest absolute Gasteiger partial charge is 0.387 e. The van der Waals surface area contributed by atoms with Crippen LogP contribution in [0.1, 0.15) is 11.1 Å². The molecule has 8 heteroatoms. The summed E-state index contributed by atoms with van der Waals surface area (Å²) >= 11 is 1.97. The van der Waals surface area contributed by atoms with E-state index in [2.05, 4.69) is 32.4 Å². The fourth-order valence-corrected chi connectivity index (χ4v) is 3.88. The molecular weight excluding hydrogens is 384 g/mol. The van der Waals surface area contributed by atoms with E-state index >= 15 is 0 Å². The highest BCUT2D eigenvalue weighted by Gasteiger charge is 2.14. The number of nitrogens with zero attached hydrogens (tertiary/aromatic N) is 1. The second-order valence-corrected chi connectivity index (χ2v) is 7.62. The van der Waals surface area contributed by atoms with Crippen molar-refractivity contribution in [2.75, 3.05) is 34.8 Å². The van der Waals surface area contributed by atoms with Crippen molar-refractivity contribution in [3.8, 4) is 5.75 Å². The van der Waals surface area contributed by atoms with Gasteiger partial charge in [-0.25, -0.2) is 4.79 Å². The number of amides is 2. The van der Waals surface area contributed by atoms with Crippen molar-refractivity contribution in [2.45, 2.75) is 20.1 Å². The Bertz CT molecular complexity index is 797. The number of thioether (sulfide) groups is 1. The summed E-state index contributed by atoms with van der Waals surface area (Å²) in [6.45, 7) is 1.18. The van der Waals surface area contributed by atoms with Crippen molar-refractivity contribution in [3.05, 3.63) is 53.6 Å². The predicted molar refractivity (Wildman–Crippen MR) is 110 cm³/mol. The molecule has 0 radical (unpaired) electrons. The molecule has 0 unspecified atom stereocenters. The lowest BCUT2D eigenvalue weighted by Gasteiger charge is -2.28. The average molecular weight is 407 g/mol. The van der Waals surface area contributed by atoms with Gasteiger partial charge in [0, 0.05) is 36.8 Å². The van der Waals surface area contributed by atoms with Crippen molar-refractivity contribution < 1.29 is 18.3 Å². The van der Waals surface area contributed by atoms with Crippen LogP contribution in [0, 0.1) is 6.92 Å². The van der Waals surface area contributed by atoms with Gasteiger partial charge >= 0.3 is 12.6 Å². The molecule has 0 atom stereocenters. The van der Waals surface area contributed by atoms with Gasteiger partial charge in [-0.3, -0.25) is 0 Å². The van der Waals surface area contributed by atoms with Gasteiger partial charge in [-0.15, -0.1) is 0 Å². The summed E-state index contributed by atoms with van der Waals surface area (Å²) in [5.41, 5.74) is 3.01. The minimum absolute atomic E-state index is 0.0609. The molecule has 3 rings (SSSR count). The van der Waals surface area contributed by atoms with E-state index < -0.39 is 12.6 Å². The number of urea groups is 1. The molecule has 2 aromatic carbocycles. The minimum atomic E-state index is -2.96. The van der Waals surface area contributed by atoms with Crippen molar-refractivity contribution in [3.63, 3.8) is 0 Å². The summed E-state index contributed by atoms with van der Waals surface area (Å²) in [7, 11) is 0.